The van der Waals surface area contributed by atoms with E-state index in [9.17, 15) is 4.79 Å². The molecule has 0 aliphatic rings. The van der Waals surface area contributed by atoms with Crippen molar-refractivity contribution < 1.29 is 4.79 Å². The topological polar surface area (TPSA) is 29.1 Å². The zero-order valence-electron chi connectivity index (χ0n) is 15.5. The maximum Gasteiger partial charge on any atom is 0.244 e. The molecule has 2 nitrogen and oxygen atoms in total. The highest BCUT2D eigenvalue weighted by atomic mass is 32.2. The van der Waals surface area contributed by atoms with Gasteiger partial charge in [-0.1, -0.05) is 62.4 Å². The Morgan fingerprint density at radius 3 is 2.48 bits per heavy atom. The minimum absolute atomic E-state index is 0.0246. The summed E-state index contributed by atoms with van der Waals surface area (Å²) < 4.78 is 0. The molecule has 0 aliphatic carbocycles. The smallest absolute Gasteiger partial charge is 0.244 e. The standard InChI is InChI=1S/C22H27NOS/c1-16(2)18(4)23-22(24)13-14-25-15-20-11-8-12-21(17(20)3)19-9-6-5-7-10-19/h5-14,16,18H,15H2,1-4H3,(H,23,24)/b14-13-. The number of carbonyl (C=O) groups excluding carboxylic acids is 1. The van der Waals surface area contributed by atoms with E-state index < -0.39 is 0 Å². The molecule has 1 amide bonds. The van der Waals surface area contributed by atoms with Gasteiger partial charge < -0.3 is 5.32 Å². The summed E-state index contributed by atoms with van der Waals surface area (Å²) in [7, 11) is 0. The van der Waals surface area contributed by atoms with Crippen molar-refractivity contribution in [1.82, 2.24) is 5.32 Å². The number of benzene rings is 2. The minimum Gasteiger partial charge on any atom is -0.350 e. The predicted molar refractivity (Wildman–Crippen MR) is 109 cm³/mol. The van der Waals surface area contributed by atoms with Crippen molar-refractivity contribution in [3.63, 3.8) is 0 Å². The van der Waals surface area contributed by atoms with Gasteiger partial charge >= 0.3 is 0 Å². The largest absolute Gasteiger partial charge is 0.350 e. The lowest BCUT2D eigenvalue weighted by Gasteiger charge is -2.15. The van der Waals surface area contributed by atoms with Crippen molar-refractivity contribution in [3.05, 3.63) is 71.1 Å². The monoisotopic (exact) mass is 353 g/mol. The fourth-order valence-corrected chi connectivity index (χ4v) is 3.27. The summed E-state index contributed by atoms with van der Waals surface area (Å²) in [4.78, 5) is 11.9. The van der Waals surface area contributed by atoms with Gasteiger partial charge in [-0.25, -0.2) is 0 Å². The molecule has 0 aliphatic heterocycles. The summed E-state index contributed by atoms with van der Waals surface area (Å²) in [5, 5.41) is 4.87. The average Bonchev–Trinajstić information content (AvgIpc) is 2.60. The average molecular weight is 354 g/mol. The Morgan fingerprint density at radius 1 is 1.08 bits per heavy atom. The van der Waals surface area contributed by atoms with Crippen LogP contribution in [0.15, 0.2) is 60.0 Å². The third kappa shape index (κ3) is 5.79. The number of amides is 1. The molecule has 0 saturated carbocycles. The summed E-state index contributed by atoms with van der Waals surface area (Å²) in [5.74, 6) is 1.27. The second-order valence-electron chi connectivity index (χ2n) is 6.61. The van der Waals surface area contributed by atoms with Gasteiger partial charge in [-0.05, 0) is 47.4 Å². The second kappa shape index (κ2) is 9.47. The van der Waals surface area contributed by atoms with E-state index in [1.807, 2.05) is 18.4 Å². The van der Waals surface area contributed by atoms with E-state index in [2.05, 4.69) is 68.6 Å². The number of hydrogen-bond donors (Lipinski definition) is 1. The van der Waals surface area contributed by atoms with E-state index in [0.29, 0.717) is 5.92 Å². The Labute approximate surface area is 155 Å². The van der Waals surface area contributed by atoms with Crippen LogP contribution in [0.1, 0.15) is 31.9 Å². The molecule has 0 bridgehead atoms. The van der Waals surface area contributed by atoms with Crippen molar-refractivity contribution in [2.75, 3.05) is 0 Å². The first-order valence-electron chi connectivity index (χ1n) is 8.71. The van der Waals surface area contributed by atoms with Crippen molar-refractivity contribution in [2.24, 2.45) is 5.92 Å². The Hall–Kier alpha value is -2.00. The maximum absolute atomic E-state index is 11.9. The zero-order chi connectivity index (χ0) is 18.2. The van der Waals surface area contributed by atoms with Crippen LogP contribution in [0.5, 0.6) is 0 Å². The Bertz CT molecular complexity index is 722. The van der Waals surface area contributed by atoms with Crippen LogP contribution in [0, 0.1) is 12.8 Å². The van der Waals surface area contributed by atoms with Crippen LogP contribution < -0.4 is 5.32 Å². The Morgan fingerprint density at radius 2 is 1.80 bits per heavy atom. The lowest BCUT2D eigenvalue weighted by molar-refractivity contribution is -0.117. The van der Waals surface area contributed by atoms with Gasteiger partial charge in [0.15, 0.2) is 0 Å². The first-order valence-corrected chi connectivity index (χ1v) is 9.76. The molecule has 0 aromatic heterocycles. The highest BCUT2D eigenvalue weighted by molar-refractivity contribution is 8.01. The maximum atomic E-state index is 11.9. The van der Waals surface area contributed by atoms with Crippen molar-refractivity contribution in [1.29, 1.82) is 0 Å². The van der Waals surface area contributed by atoms with Gasteiger partial charge in [-0.3, -0.25) is 4.79 Å². The number of hydrogen-bond acceptors (Lipinski definition) is 2. The molecular weight excluding hydrogens is 326 g/mol. The molecule has 0 fully saturated rings. The van der Waals surface area contributed by atoms with Crippen LogP contribution in [0.2, 0.25) is 0 Å². The molecule has 132 valence electrons. The molecule has 25 heavy (non-hydrogen) atoms. The quantitative estimate of drug-likeness (QED) is 0.659. The first kappa shape index (κ1) is 19.3. The highest BCUT2D eigenvalue weighted by Gasteiger charge is 2.08. The van der Waals surface area contributed by atoms with Gasteiger partial charge in [0, 0.05) is 17.9 Å². The zero-order valence-corrected chi connectivity index (χ0v) is 16.3. The summed E-state index contributed by atoms with van der Waals surface area (Å²) in [5.41, 5.74) is 5.11. The molecule has 1 unspecified atom stereocenters. The summed E-state index contributed by atoms with van der Waals surface area (Å²) >= 11 is 1.65. The van der Waals surface area contributed by atoms with E-state index >= 15 is 0 Å². The van der Waals surface area contributed by atoms with E-state index in [4.69, 9.17) is 0 Å². The molecule has 0 radical (unpaired) electrons. The fourth-order valence-electron chi connectivity index (χ4n) is 2.46. The van der Waals surface area contributed by atoms with Gasteiger partial charge in [-0.15, -0.1) is 11.8 Å². The highest BCUT2D eigenvalue weighted by Crippen LogP contribution is 2.27. The molecule has 0 heterocycles. The number of thioether (sulfide) groups is 1. The molecule has 0 saturated heterocycles. The number of rotatable bonds is 7. The molecular formula is C22H27NOS. The minimum atomic E-state index is -0.0246. The first-order chi connectivity index (χ1) is 12.0. The molecule has 3 heteroatoms. The molecule has 2 rings (SSSR count). The van der Waals surface area contributed by atoms with Crippen molar-refractivity contribution in [3.8, 4) is 11.1 Å². The third-order valence-corrected chi connectivity index (χ3v) is 5.26. The lowest BCUT2D eigenvalue weighted by Crippen LogP contribution is -2.34. The van der Waals surface area contributed by atoms with Gasteiger partial charge in [-0.2, -0.15) is 0 Å². The third-order valence-electron chi connectivity index (χ3n) is 4.46. The van der Waals surface area contributed by atoms with Gasteiger partial charge in [0.25, 0.3) is 0 Å². The second-order valence-corrected chi connectivity index (χ2v) is 7.50. The van der Waals surface area contributed by atoms with Crippen LogP contribution in [-0.4, -0.2) is 11.9 Å². The van der Waals surface area contributed by atoms with Gasteiger partial charge in [0.1, 0.15) is 0 Å². The van der Waals surface area contributed by atoms with E-state index in [1.165, 1.54) is 22.3 Å². The fraction of sp³-hybridized carbons (Fsp3) is 0.318. The van der Waals surface area contributed by atoms with Crippen LogP contribution in [-0.2, 0) is 10.5 Å². The SMILES string of the molecule is Cc1c(CS/C=C\C(=O)NC(C)C(C)C)cccc1-c1ccccc1. The van der Waals surface area contributed by atoms with Crippen LogP contribution in [0.25, 0.3) is 11.1 Å². The lowest BCUT2D eigenvalue weighted by atomic mass is 9.97. The summed E-state index contributed by atoms with van der Waals surface area (Å²) in [6, 6.07) is 17.1. The molecule has 0 spiro atoms. The summed E-state index contributed by atoms with van der Waals surface area (Å²) in [6.07, 6.45) is 1.62. The predicted octanol–water partition coefficient (Wildman–Crippen LogP) is 5.57. The van der Waals surface area contributed by atoms with Gasteiger partial charge in [0.2, 0.25) is 5.91 Å². The van der Waals surface area contributed by atoms with Gasteiger partial charge in [0.05, 0.1) is 0 Å². The Balaban J connectivity index is 1.96. The van der Waals surface area contributed by atoms with E-state index in [-0.39, 0.29) is 11.9 Å². The Kier molecular flexibility index (Phi) is 7.32. The molecule has 2 aromatic carbocycles. The van der Waals surface area contributed by atoms with Crippen molar-refractivity contribution >= 4 is 17.7 Å². The van der Waals surface area contributed by atoms with Crippen LogP contribution in [0.3, 0.4) is 0 Å². The summed E-state index contributed by atoms with van der Waals surface area (Å²) in [6.45, 7) is 8.40. The molecule has 1 atom stereocenters. The van der Waals surface area contributed by atoms with E-state index in [0.717, 1.165) is 5.75 Å². The van der Waals surface area contributed by atoms with E-state index in [1.54, 1.807) is 17.8 Å². The number of carbonyl (C=O) groups is 1. The van der Waals surface area contributed by atoms with Crippen molar-refractivity contribution in [2.45, 2.75) is 39.5 Å². The van der Waals surface area contributed by atoms with Crippen LogP contribution in [0.4, 0.5) is 0 Å². The van der Waals surface area contributed by atoms with Crippen LogP contribution >= 0.6 is 11.8 Å². The molecule has 2 aromatic rings. The number of nitrogens with one attached hydrogen (secondary N) is 1. The molecule has 1 N–H and O–H groups in total. The normalized spacial score (nSPS) is 12.5.